The van der Waals surface area contributed by atoms with E-state index in [1.165, 1.54) is 0 Å². The molecular formula is C9H16O2. The van der Waals surface area contributed by atoms with Crippen molar-refractivity contribution in [2.24, 2.45) is 5.92 Å². The van der Waals surface area contributed by atoms with Gasteiger partial charge in [0.1, 0.15) is 6.10 Å². The van der Waals surface area contributed by atoms with Gasteiger partial charge in [-0.3, -0.25) is 4.79 Å². The van der Waals surface area contributed by atoms with Crippen LogP contribution in [-0.4, -0.2) is 12.1 Å². The largest absolute Gasteiger partial charge is 0.462 e. The lowest BCUT2D eigenvalue weighted by Crippen LogP contribution is -2.21. The van der Waals surface area contributed by atoms with E-state index in [0.29, 0.717) is 12.3 Å². The molecule has 0 radical (unpaired) electrons. The van der Waals surface area contributed by atoms with Gasteiger partial charge in [-0.15, -0.1) is 0 Å². The highest BCUT2D eigenvalue weighted by atomic mass is 16.5. The van der Waals surface area contributed by atoms with E-state index in [9.17, 15) is 4.79 Å². The van der Waals surface area contributed by atoms with Crippen molar-refractivity contribution in [3.8, 4) is 0 Å². The summed E-state index contributed by atoms with van der Waals surface area (Å²) in [7, 11) is 0. The summed E-state index contributed by atoms with van der Waals surface area (Å²) in [6, 6.07) is 0. The van der Waals surface area contributed by atoms with Gasteiger partial charge in [0, 0.05) is 6.42 Å². The van der Waals surface area contributed by atoms with Crippen molar-refractivity contribution in [2.75, 3.05) is 0 Å². The maximum Gasteiger partial charge on any atom is 0.306 e. The van der Waals surface area contributed by atoms with Crippen molar-refractivity contribution in [3.05, 3.63) is 0 Å². The van der Waals surface area contributed by atoms with E-state index in [2.05, 4.69) is 13.8 Å². The third-order valence-corrected chi connectivity index (χ3v) is 2.15. The van der Waals surface area contributed by atoms with Gasteiger partial charge in [0.15, 0.2) is 0 Å². The molecule has 1 aliphatic rings. The lowest BCUT2D eigenvalue weighted by molar-refractivity contribution is -0.150. The van der Waals surface area contributed by atoms with E-state index in [4.69, 9.17) is 4.74 Å². The van der Waals surface area contributed by atoms with E-state index in [1.807, 2.05) is 0 Å². The number of hydrogen-bond donors (Lipinski definition) is 0. The van der Waals surface area contributed by atoms with Gasteiger partial charge < -0.3 is 4.74 Å². The third-order valence-electron chi connectivity index (χ3n) is 2.15. The zero-order valence-corrected chi connectivity index (χ0v) is 7.30. The number of hydrogen-bond acceptors (Lipinski definition) is 2. The average molecular weight is 156 g/mol. The first kappa shape index (κ1) is 8.57. The number of cyclic esters (lactones) is 1. The molecule has 0 bridgehead atoms. The van der Waals surface area contributed by atoms with Crippen LogP contribution >= 0.6 is 0 Å². The maximum atomic E-state index is 11.0. The van der Waals surface area contributed by atoms with Gasteiger partial charge in [0.25, 0.3) is 0 Å². The summed E-state index contributed by atoms with van der Waals surface area (Å²) in [6.45, 7) is 4.20. The Morgan fingerprint density at radius 1 is 1.45 bits per heavy atom. The molecule has 0 aromatic rings. The SMILES string of the molecule is CC(C)[C@H]1CCCCC(=O)O1. The van der Waals surface area contributed by atoms with E-state index >= 15 is 0 Å². The number of carbonyl (C=O) groups excluding carboxylic acids is 1. The summed E-state index contributed by atoms with van der Waals surface area (Å²) in [5.74, 6) is 0.457. The highest BCUT2D eigenvalue weighted by Gasteiger charge is 2.20. The Kier molecular flexibility index (Phi) is 2.92. The minimum absolute atomic E-state index is 0.0128. The standard InChI is InChI=1S/C9H16O2/c1-7(2)8-5-3-4-6-9(10)11-8/h7-8H,3-6H2,1-2H3/t8-/m1/s1. The number of esters is 1. The molecule has 1 rings (SSSR count). The number of ether oxygens (including phenoxy) is 1. The number of carbonyl (C=O) groups is 1. The quantitative estimate of drug-likeness (QED) is 0.543. The van der Waals surface area contributed by atoms with Crippen molar-refractivity contribution >= 4 is 5.97 Å². The second-order valence-electron chi connectivity index (χ2n) is 3.52. The molecule has 0 aliphatic carbocycles. The second kappa shape index (κ2) is 3.74. The predicted molar refractivity (Wildman–Crippen MR) is 43.2 cm³/mol. The van der Waals surface area contributed by atoms with Crippen LogP contribution in [0.3, 0.4) is 0 Å². The van der Waals surface area contributed by atoms with E-state index in [-0.39, 0.29) is 12.1 Å². The van der Waals surface area contributed by atoms with Gasteiger partial charge >= 0.3 is 5.97 Å². The Balaban J connectivity index is 2.45. The van der Waals surface area contributed by atoms with Gasteiger partial charge in [-0.25, -0.2) is 0 Å². The first-order valence-corrected chi connectivity index (χ1v) is 4.39. The normalized spacial score (nSPS) is 26.5. The highest BCUT2D eigenvalue weighted by molar-refractivity contribution is 5.69. The minimum Gasteiger partial charge on any atom is -0.462 e. The molecule has 0 aromatic heterocycles. The third kappa shape index (κ3) is 2.52. The van der Waals surface area contributed by atoms with Crippen LogP contribution in [0.5, 0.6) is 0 Å². The molecule has 64 valence electrons. The second-order valence-corrected chi connectivity index (χ2v) is 3.52. The summed E-state index contributed by atoms with van der Waals surface area (Å²) in [6.07, 6.45) is 3.97. The molecular weight excluding hydrogens is 140 g/mol. The van der Waals surface area contributed by atoms with E-state index in [1.54, 1.807) is 0 Å². The lowest BCUT2D eigenvalue weighted by atomic mass is 10.0. The van der Waals surface area contributed by atoms with Crippen molar-refractivity contribution in [2.45, 2.75) is 45.6 Å². The van der Waals surface area contributed by atoms with Crippen LogP contribution < -0.4 is 0 Å². The van der Waals surface area contributed by atoms with E-state index in [0.717, 1.165) is 19.3 Å². The van der Waals surface area contributed by atoms with Gasteiger partial charge in [0.05, 0.1) is 0 Å². The summed E-state index contributed by atoms with van der Waals surface area (Å²) < 4.78 is 5.23. The molecule has 0 spiro atoms. The van der Waals surface area contributed by atoms with Gasteiger partial charge in [-0.2, -0.15) is 0 Å². The van der Waals surface area contributed by atoms with Crippen LogP contribution in [0.1, 0.15) is 39.5 Å². The topological polar surface area (TPSA) is 26.3 Å². The molecule has 2 heteroatoms. The summed E-state index contributed by atoms with van der Waals surface area (Å²) >= 11 is 0. The molecule has 1 aliphatic heterocycles. The molecule has 11 heavy (non-hydrogen) atoms. The molecule has 1 heterocycles. The fourth-order valence-electron chi connectivity index (χ4n) is 1.37. The molecule has 2 nitrogen and oxygen atoms in total. The summed E-state index contributed by atoms with van der Waals surface area (Å²) in [5, 5.41) is 0. The zero-order valence-electron chi connectivity index (χ0n) is 7.30. The minimum atomic E-state index is -0.0128. The van der Waals surface area contributed by atoms with Crippen molar-refractivity contribution < 1.29 is 9.53 Å². The van der Waals surface area contributed by atoms with Crippen LogP contribution in [0, 0.1) is 5.92 Å². The number of rotatable bonds is 1. The van der Waals surface area contributed by atoms with Crippen LogP contribution in [0.25, 0.3) is 0 Å². The molecule has 0 saturated carbocycles. The highest BCUT2D eigenvalue weighted by Crippen LogP contribution is 2.19. The molecule has 0 amide bonds. The molecule has 1 atom stereocenters. The molecule has 0 unspecified atom stereocenters. The first-order chi connectivity index (χ1) is 5.20. The summed E-state index contributed by atoms with van der Waals surface area (Å²) in [4.78, 5) is 11.0. The molecule has 1 fully saturated rings. The van der Waals surface area contributed by atoms with Crippen LogP contribution in [0.4, 0.5) is 0 Å². The van der Waals surface area contributed by atoms with Crippen LogP contribution in [-0.2, 0) is 9.53 Å². The van der Waals surface area contributed by atoms with E-state index < -0.39 is 0 Å². The lowest BCUT2D eigenvalue weighted by Gasteiger charge is -2.18. The van der Waals surface area contributed by atoms with Crippen molar-refractivity contribution in [3.63, 3.8) is 0 Å². The molecule has 0 N–H and O–H groups in total. The Morgan fingerprint density at radius 2 is 2.18 bits per heavy atom. The maximum absolute atomic E-state index is 11.0. The Labute approximate surface area is 67.9 Å². The predicted octanol–water partition coefficient (Wildman–Crippen LogP) is 2.13. The first-order valence-electron chi connectivity index (χ1n) is 4.39. The van der Waals surface area contributed by atoms with Crippen molar-refractivity contribution in [1.29, 1.82) is 0 Å². The Bertz CT molecular complexity index is 140. The van der Waals surface area contributed by atoms with Gasteiger partial charge in [-0.1, -0.05) is 13.8 Å². The molecule has 1 saturated heterocycles. The van der Waals surface area contributed by atoms with Crippen molar-refractivity contribution in [1.82, 2.24) is 0 Å². The fraction of sp³-hybridized carbons (Fsp3) is 0.889. The van der Waals surface area contributed by atoms with Gasteiger partial charge in [-0.05, 0) is 25.2 Å². The smallest absolute Gasteiger partial charge is 0.306 e. The van der Waals surface area contributed by atoms with Crippen LogP contribution in [0.15, 0.2) is 0 Å². The summed E-state index contributed by atoms with van der Waals surface area (Å²) in [5.41, 5.74) is 0. The Morgan fingerprint density at radius 3 is 2.82 bits per heavy atom. The average Bonchev–Trinajstić information content (AvgIpc) is 2.13. The zero-order chi connectivity index (χ0) is 8.27. The molecule has 0 aromatic carbocycles. The van der Waals surface area contributed by atoms with Crippen LogP contribution in [0.2, 0.25) is 0 Å². The van der Waals surface area contributed by atoms with Gasteiger partial charge in [0.2, 0.25) is 0 Å². The monoisotopic (exact) mass is 156 g/mol. The Hall–Kier alpha value is -0.530. The fourth-order valence-corrected chi connectivity index (χ4v) is 1.37.